The summed E-state index contributed by atoms with van der Waals surface area (Å²) < 4.78 is 0. The number of nitrogens with one attached hydrogen (secondary N) is 2. The van der Waals surface area contributed by atoms with Crippen LogP contribution in [0.15, 0.2) is 30.6 Å². The van der Waals surface area contributed by atoms with Crippen molar-refractivity contribution < 1.29 is 0 Å². The average Bonchev–Trinajstić information content (AvgIpc) is 2.73. The minimum Gasteiger partial charge on any atom is -0.379 e. The van der Waals surface area contributed by atoms with Crippen molar-refractivity contribution in [2.75, 3.05) is 19.4 Å². The molecule has 2 N–H and O–H groups in total. The van der Waals surface area contributed by atoms with E-state index in [9.17, 15) is 0 Å². The largest absolute Gasteiger partial charge is 0.379 e. The Morgan fingerprint density at radius 3 is 2.72 bits per heavy atom. The van der Waals surface area contributed by atoms with E-state index in [2.05, 4.69) is 58.5 Å². The summed E-state index contributed by atoms with van der Waals surface area (Å²) in [6.45, 7) is 3.72. The monoisotopic (exact) mass is 244 g/mol. The first-order valence-electron chi connectivity index (χ1n) is 6.12. The van der Waals surface area contributed by atoms with E-state index in [1.165, 1.54) is 11.3 Å². The van der Waals surface area contributed by atoms with Crippen LogP contribution in [-0.2, 0) is 13.1 Å². The number of benzene rings is 1. The number of aryl methyl sites for hydroxylation is 1. The van der Waals surface area contributed by atoms with E-state index in [1.54, 1.807) is 6.33 Å². The molecule has 2 rings (SSSR count). The molecule has 1 aromatic carbocycles. The predicted molar refractivity (Wildman–Crippen MR) is 74.5 cm³/mol. The van der Waals surface area contributed by atoms with Crippen LogP contribution in [0.4, 0.5) is 5.69 Å². The standard InChI is InChI=1S/C14H20N4/c1-11-14(17-10-16-11)8-15-13-7-5-4-6-12(13)9-18(2)3/h4-7,10,15H,8-9H2,1-3H3,(H,16,17). The summed E-state index contributed by atoms with van der Waals surface area (Å²) in [5.74, 6) is 0. The molecule has 0 fully saturated rings. The molecule has 0 bridgehead atoms. The number of aromatic amines is 1. The molecule has 0 aliphatic heterocycles. The Balaban J connectivity index is 2.07. The van der Waals surface area contributed by atoms with Gasteiger partial charge in [-0.05, 0) is 32.6 Å². The zero-order valence-electron chi connectivity index (χ0n) is 11.2. The molecule has 0 amide bonds. The SMILES string of the molecule is Cc1[nH]cnc1CNc1ccccc1CN(C)C. The summed E-state index contributed by atoms with van der Waals surface area (Å²) in [4.78, 5) is 9.55. The van der Waals surface area contributed by atoms with Gasteiger partial charge in [-0.1, -0.05) is 18.2 Å². The van der Waals surface area contributed by atoms with Crippen molar-refractivity contribution >= 4 is 5.69 Å². The number of imidazole rings is 1. The van der Waals surface area contributed by atoms with Gasteiger partial charge in [-0.25, -0.2) is 4.98 Å². The van der Waals surface area contributed by atoms with Crippen molar-refractivity contribution in [3.8, 4) is 0 Å². The summed E-state index contributed by atoms with van der Waals surface area (Å²) in [6.07, 6.45) is 1.73. The molecule has 1 aromatic heterocycles. The maximum Gasteiger partial charge on any atom is 0.0925 e. The van der Waals surface area contributed by atoms with Gasteiger partial charge in [0.1, 0.15) is 0 Å². The second kappa shape index (κ2) is 5.69. The third-order valence-electron chi connectivity index (χ3n) is 2.88. The van der Waals surface area contributed by atoms with Crippen LogP contribution in [0.5, 0.6) is 0 Å². The Kier molecular flexibility index (Phi) is 3.99. The molecule has 4 nitrogen and oxygen atoms in total. The van der Waals surface area contributed by atoms with E-state index >= 15 is 0 Å². The lowest BCUT2D eigenvalue weighted by atomic mass is 10.1. The van der Waals surface area contributed by atoms with Crippen molar-refractivity contribution in [2.45, 2.75) is 20.0 Å². The van der Waals surface area contributed by atoms with Crippen LogP contribution in [0, 0.1) is 6.92 Å². The first-order chi connectivity index (χ1) is 8.66. The second-order valence-electron chi connectivity index (χ2n) is 4.72. The van der Waals surface area contributed by atoms with E-state index in [1.807, 2.05) is 6.92 Å². The molecular weight excluding hydrogens is 224 g/mol. The fraction of sp³-hybridized carbons (Fsp3) is 0.357. The molecule has 0 aliphatic rings. The molecular formula is C14H20N4. The number of hydrogen-bond acceptors (Lipinski definition) is 3. The number of para-hydroxylation sites is 1. The number of nitrogens with zero attached hydrogens (tertiary/aromatic N) is 2. The topological polar surface area (TPSA) is 44.0 Å². The fourth-order valence-corrected chi connectivity index (χ4v) is 1.92. The lowest BCUT2D eigenvalue weighted by molar-refractivity contribution is 0.403. The van der Waals surface area contributed by atoms with Crippen LogP contribution < -0.4 is 5.32 Å². The molecule has 2 aromatic rings. The van der Waals surface area contributed by atoms with Gasteiger partial charge in [-0.2, -0.15) is 0 Å². The number of anilines is 1. The van der Waals surface area contributed by atoms with Gasteiger partial charge in [0.05, 0.1) is 18.6 Å². The summed E-state index contributed by atoms with van der Waals surface area (Å²) in [5, 5.41) is 3.45. The molecule has 0 atom stereocenters. The van der Waals surface area contributed by atoms with Crippen molar-refractivity contribution in [3.63, 3.8) is 0 Å². The van der Waals surface area contributed by atoms with Crippen LogP contribution in [-0.4, -0.2) is 29.0 Å². The fourth-order valence-electron chi connectivity index (χ4n) is 1.92. The Bertz CT molecular complexity index is 502. The van der Waals surface area contributed by atoms with E-state index in [4.69, 9.17) is 0 Å². The molecule has 0 spiro atoms. The smallest absolute Gasteiger partial charge is 0.0925 e. The molecule has 0 saturated carbocycles. The number of aromatic nitrogens is 2. The molecule has 18 heavy (non-hydrogen) atoms. The summed E-state index contributed by atoms with van der Waals surface area (Å²) in [6, 6.07) is 8.39. The molecule has 1 heterocycles. The van der Waals surface area contributed by atoms with Crippen LogP contribution >= 0.6 is 0 Å². The molecule has 0 unspecified atom stereocenters. The molecule has 0 radical (unpaired) electrons. The lowest BCUT2D eigenvalue weighted by Crippen LogP contribution is -2.13. The highest BCUT2D eigenvalue weighted by molar-refractivity contribution is 5.51. The van der Waals surface area contributed by atoms with Gasteiger partial charge >= 0.3 is 0 Å². The van der Waals surface area contributed by atoms with Gasteiger partial charge in [0.2, 0.25) is 0 Å². The third-order valence-corrected chi connectivity index (χ3v) is 2.88. The molecule has 96 valence electrons. The second-order valence-corrected chi connectivity index (χ2v) is 4.72. The van der Waals surface area contributed by atoms with Crippen LogP contribution in [0.25, 0.3) is 0 Å². The predicted octanol–water partition coefficient (Wildman–Crippen LogP) is 2.39. The van der Waals surface area contributed by atoms with E-state index in [0.29, 0.717) is 0 Å². The van der Waals surface area contributed by atoms with E-state index in [-0.39, 0.29) is 0 Å². The highest BCUT2D eigenvalue weighted by Crippen LogP contribution is 2.17. The Morgan fingerprint density at radius 2 is 2.06 bits per heavy atom. The van der Waals surface area contributed by atoms with Gasteiger partial charge in [0.15, 0.2) is 0 Å². The summed E-state index contributed by atoms with van der Waals surface area (Å²) in [5.41, 5.74) is 4.66. The lowest BCUT2D eigenvalue weighted by Gasteiger charge is -2.15. The van der Waals surface area contributed by atoms with Crippen molar-refractivity contribution in [3.05, 3.63) is 47.5 Å². The van der Waals surface area contributed by atoms with Gasteiger partial charge in [-0.15, -0.1) is 0 Å². The first-order valence-corrected chi connectivity index (χ1v) is 6.12. The van der Waals surface area contributed by atoms with Crippen LogP contribution in [0.3, 0.4) is 0 Å². The van der Waals surface area contributed by atoms with Gasteiger partial charge < -0.3 is 15.2 Å². The number of hydrogen-bond donors (Lipinski definition) is 2. The molecule has 0 saturated heterocycles. The summed E-state index contributed by atoms with van der Waals surface area (Å²) >= 11 is 0. The average molecular weight is 244 g/mol. The normalized spacial score (nSPS) is 10.9. The number of rotatable bonds is 5. The van der Waals surface area contributed by atoms with Gasteiger partial charge in [-0.3, -0.25) is 0 Å². The molecule has 0 aliphatic carbocycles. The third kappa shape index (κ3) is 3.11. The van der Waals surface area contributed by atoms with Gasteiger partial charge in [0, 0.05) is 17.9 Å². The molecule has 4 heteroatoms. The Hall–Kier alpha value is -1.81. The maximum atomic E-state index is 4.29. The van der Waals surface area contributed by atoms with Crippen molar-refractivity contribution in [2.24, 2.45) is 0 Å². The quantitative estimate of drug-likeness (QED) is 0.848. The maximum absolute atomic E-state index is 4.29. The Morgan fingerprint density at radius 1 is 1.28 bits per heavy atom. The van der Waals surface area contributed by atoms with Crippen molar-refractivity contribution in [1.82, 2.24) is 14.9 Å². The van der Waals surface area contributed by atoms with Crippen LogP contribution in [0.1, 0.15) is 17.0 Å². The summed E-state index contributed by atoms with van der Waals surface area (Å²) in [7, 11) is 4.16. The highest BCUT2D eigenvalue weighted by Gasteiger charge is 2.04. The first kappa shape index (κ1) is 12.6. The zero-order valence-corrected chi connectivity index (χ0v) is 11.2. The van der Waals surface area contributed by atoms with Crippen molar-refractivity contribution in [1.29, 1.82) is 0 Å². The zero-order chi connectivity index (χ0) is 13.0. The minimum absolute atomic E-state index is 0.750. The van der Waals surface area contributed by atoms with Gasteiger partial charge in [0.25, 0.3) is 0 Å². The number of H-pyrrole nitrogens is 1. The minimum atomic E-state index is 0.750. The van der Waals surface area contributed by atoms with Crippen LogP contribution in [0.2, 0.25) is 0 Å². The Labute approximate surface area is 108 Å². The van der Waals surface area contributed by atoms with E-state index in [0.717, 1.165) is 24.5 Å². The highest BCUT2D eigenvalue weighted by atomic mass is 15.1. The van der Waals surface area contributed by atoms with E-state index < -0.39 is 0 Å².